The van der Waals surface area contributed by atoms with Gasteiger partial charge < -0.3 is 9.84 Å². The topological polar surface area (TPSA) is 29.5 Å². The Morgan fingerprint density at radius 1 is 1.14 bits per heavy atom. The Morgan fingerprint density at radius 3 is 2.41 bits per heavy atom. The van der Waals surface area contributed by atoms with Gasteiger partial charge in [-0.3, -0.25) is 0 Å². The summed E-state index contributed by atoms with van der Waals surface area (Å²) in [5.74, 6) is -1.87. The molecule has 1 aliphatic rings. The third-order valence-electron chi connectivity index (χ3n) is 4.88. The van der Waals surface area contributed by atoms with Crippen molar-refractivity contribution in [1.82, 2.24) is 0 Å². The summed E-state index contributed by atoms with van der Waals surface area (Å²) < 4.78 is 33.0. The number of ether oxygens (including phenoxy) is 1. The number of unbranched alkanes of at least 4 members (excludes halogenated alkanes) is 2. The van der Waals surface area contributed by atoms with Gasteiger partial charge in [-0.2, -0.15) is 4.39 Å². The van der Waals surface area contributed by atoms with Gasteiger partial charge in [0.2, 0.25) is 5.82 Å². The number of hydrogen-bond donors (Lipinski definition) is 1. The number of halogens is 2. The molecule has 124 valence electrons. The van der Waals surface area contributed by atoms with Crippen LogP contribution in [-0.4, -0.2) is 12.2 Å². The number of hydrogen-bond acceptors (Lipinski definition) is 2. The lowest BCUT2D eigenvalue weighted by molar-refractivity contribution is 0.289. The van der Waals surface area contributed by atoms with Crippen molar-refractivity contribution in [2.24, 2.45) is 5.92 Å². The van der Waals surface area contributed by atoms with Crippen LogP contribution in [0.4, 0.5) is 8.78 Å². The molecule has 2 rings (SSSR count). The molecule has 1 saturated carbocycles. The zero-order valence-electron chi connectivity index (χ0n) is 13.5. The lowest BCUT2D eigenvalue weighted by Gasteiger charge is -2.30. The zero-order chi connectivity index (χ0) is 16.1. The molecular weight excluding hydrogens is 286 g/mol. The van der Waals surface area contributed by atoms with Crippen molar-refractivity contribution in [2.75, 3.05) is 7.11 Å². The number of benzene rings is 1. The van der Waals surface area contributed by atoms with Crippen LogP contribution in [0.3, 0.4) is 0 Å². The van der Waals surface area contributed by atoms with Crippen molar-refractivity contribution in [3.8, 4) is 11.5 Å². The van der Waals surface area contributed by atoms with Crippen LogP contribution < -0.4 is 4.74 Å². The van der Waals surface area contributed by atoms with Crippen molar-refractivity contribution in [3.05, 3.63) is 23.3 Å². The Hall–Kier alpha value is -1.32. The first-order valence-corrected chi connectivity index (χ1v) is 8.33. The number of phenols is 1. The molecule has 0 unspecified atom stereocenters. The summed E-state index contributed by atoms with van der Waals surface area (Å²) in [5.41, 5.74) is 0.296. The molecule has 0 saturated heterocycles. The minimum absolute atomic E-state index is 0.0209. The summed E-state index contributed by atoms with van der Waals surface area (Å²) in [4.78, 5) is 0. The highest BCUT2D eigenvalue weighted by molar-refractivity contribution is 5.44. The fraction of sp³-hybridized carbons (Fsp3) is 0.667. The van der Waals surface area contributed by atoms with Gasteiger partial charge in [0.1, 0.15) is 5.75 Å². The number of methoxy groups -OCH3 is 1. The smallest absolute Gasteiger partial charge is 0.200 e. The van der Waals surface area contributed by atoms with Gasteiger partial charge >= 0.3 is 0 Å². The van der Waals surface area contributed by atoms with Gasteiger partial charge in [-0.1, -0.05) is 32.6 Å². The highest BCUT2D eigenvalue weighted by Gasteiger charge is 2.29. The first-order chi connectivity index (χ1) is 10.6. The van der Waals surface area contributed by atoms with E-state index in [1.54, 1.807) is 0 Å². The van der Waals surface area contributed by atoms with E-state index in [4.69, 9.17) is 4.74 Å². The Morgan fingerprint density at radius 2 is 1.82 bits per heavy atom. The van der Waals surface area contributed by atoms with Crippen LogP contribution in [-0.2, 0) is 0 Å². The zero-order valence-corrected chi connectivity index (χ0v) is 13.5. The molecule has 0 aromatic heterocycles. The predicted molar refractivity (Wildman–Crippen MR) is 83.4 cm³/mol. The van der Waals surface area contributed by atoms with Crippen molar-refractivity contribution >= 4 is 0 Å². The molecule has 1 N–H and O–H groups in total. The molecule has 1 aromatic rings. The maximum atomic E-state index is 14.2. The van der Waals surface area contributed by atoms with Crippen LogP contribution in [0, 0.1) is 17.6 Å². The molecule has 2 nitrogen and oxygen atoms in total. The van der Waals surface area contributed by atoms with Gasteiger partial charge in [0.15, 0.2) is 11.6 Å². The fourth-order valence-corrected chi connectivity index (χ4v) is 3.58. The van der Waals surface area contributed by atoms with Crippen LogP contribution in [0.15, 0.2) is 6.07 Å². The quantitative estimate of drug-likeness (QED) is 0.699. The standard InChI is InChI=1S/C18H26F2O2/c1-3-4-5-6-12-7-9-13(10-8-12)16-15(22-2)11-14(21)17(19)18(16)20/h11-13,21H,3-10H2,1-2H3. The molecule has 0 amide bonds. The average molecular weight is 312 g/mol. The summed E-state index contributed by atoms with van der Waals surface area (Å²) >= 11 is 0. The molecule has 0 spiro atoms. The highest BCUT2D eigenvalue weighted by atomic mass is 19.2. The van der Waals surface area contributed by atoms with Gasteiger partial charge in [-0.15, -0.1) is 0 Å². The van der Waals surface area contributed by atoms with Crippen molar-refractivity contribution in [1.29, 1.82) is 0 Å². The minimum Gasteiger partial charge on any atom is -0.505 e. The van der Waals surface area contributed by atoms with E-state index in [9.17, 15) is 13.9 Å². The van der Waals surface area contributed by atoms with Crippen molar-refractivity contribution in [2.45, 2.75) is 64.2 Å². The molecule has 0 heterocycles. The minimum atomic E-state index is -1.17. The van der Waals surface area contributed by atoms with E-state index < -0.39 is 17.4 Å². The second-order valence-corrected chi connectivity index (χ2v) is 6.35. The van der Waals surface area contributed by atoms with Crippen LogP contribution in [0.2, 0.25) is 0 Å². The Bertz CT molecular complexity index is 494. The van der Waals surface area contributed by atoms with E-state index >= 15 is 0 Å². The third kappa shape index (κ3) is 3.71. The summed E-state index contributed by atoms with van der Waals surface area (Å²) in [6.07, 6.45) is 8.82. The van der Waals surface area contributed by atoms with Gasteiger partial charge in [-0.05, 0) is 37.5 Å². The normalized spacial score (nSPS) is 21.8. The maximum Gasteiger partial charge on any atom is 0.200 e. The Labute approximate surface area is 131 Å². The fourth-order valence-electron chi connectivity index (χ4n) is 3.58. The van der Waals surface area contributed by atoms with E-state index in [1.807, 2.05) is 0 Å². The van der Waals surface area contributed by atoms with Crippen LogP contribution in [0.25, 0.3) is 0 Å². The molecule has 0 bridgehead atoms. The lowest BCUT2D eigenvalue weighted by atomic mass is 9.76. The predicted octanol–water partition coefficient (Wildman–Crippen LogP) is 5.53. The summed E-state index contributed by atoms with van der Waals surface area (Å²) in [7, 11) is 1.42. The average Bonchev–Trinajstić information content (AvgIpc) is 2.53. The van der Waals surface area contributed by atoms with E-state index in [0.29, 0.717) is 11.5 Å². The van der Waals surface area contributed by atoms with Crippen LogP contribution >= 0.6 is 0 Å². The number of phenolic OH excluding ortho intramolecular Hbond substituents is 1. The maximum absolute atomic E-state index is 14.2. The van der Waals surface area contributed by atoms with Crippen LogP contribution in [0.1, 0.15) is 69.8 Å². The van der Waals surface area contributed by atoms with Crippen LogP contribution in [0.5, 0.6) is 11.5 Å². The van der Waals surface area contributed by atoms with Crippen molar-refractivity contribution in [3.63, 3.8) is 0 Å². The second kappa shape index (κ2) is 7.80. The van der Waals surface area contributed by atoms with E-state index in [-0.39, 0.29) is 11.7 Å². The first-order valence-electron chi connectivity index (χ1n) is 8.33. The number of rotatable bonds is 6. The Kier molecular flexibility index (Phi) is 6.04. The molecule has 1 aliphatic carbocycles. The largest absolute Gasteiger partial charge is 0.505 e. The molecule has 4 heteroatoms. The Balaban J connectivity index is 2.06. The molecule has 1 aromatic carbocycles. The summed E-state index contributed by atoms with van der Waals surface area (Å²) in [6.45, 7) is 2.20. The van der Waals surface area contributed by atoms with Gasteiger partial charge in [-0.25, -0.2) is 4.39 Å². The van der Waals surface area contributed by atoms with Gasteiger partial charge in [0, 0.05) is 11.6 Å². The van der Waals surface area contributed by atoms with E-state index in [0.717, 1.165) is 25.7 Å². The molecule has 0 radical (unpaired) electrons. The molecule has 1 fully saturated rings. The van der Waals surface area contributed by atoms with Gasteiger partial charge in [0.05, 0.1) is 7.11 Å². The molecule has 0 aliphatic heterocycles. The van der Waals surface area contributed by atoms with Crippen molar-refractivity contribution < 1.29 is 18.6 Å². The van der Waals surface area contributed by atoms with E-state index in [2.05, 4.69) is 6.92 Å². The SMILES string of the molecule is CCCCCC1CCC(c2c(OC)cc(O)c(F)c2F)CC1. The molecule has 0 atom stereocenters. The summed E-state index contributed by atoms with van der Waals surface area (Å²) in [5, 5.41) is 9.40. The third-order valence-corrected chi connectivity index (χ3v) is 4.88. The molecule has 22 heavy (non-hydrogen) atoms. The molecular formula is C18H26F2O2. The lowest BCUT2D eigenvalue weighted by Crippen LogP contribution is -2.15. The summed E-state index contributed by atoms with van der Waals surface area (Å²) in [6, 6.07) is 1.18. The highest BCUT2D eigenvalue weighted by Crippen LogP contribution is 2.44. The number of aromatic hydroxyl groups is 1. The monoisotopic (exact) mass is 312 g/mol. The second-order valence-electron chi connectivity index (χ2n) is 6.35. The van der Waals surface area contributed by atoms with Gasteiger partial charge in [0.25, 0.3) is 0 Å². The first kappa shape index (κ1) is 17.0. The van der Waals surface area contributed by atoms with E-state index in [1.165, 1.54) is 38.9 Å².